The van der Waals surface area contributed by atoms with Gasteiger partial charge in [-0.1, -0.05) is 37.3 Å². The lowest BCUT2D eigenvalue weighted by molar-refractivity contribution is -0.121. The van der Waals surface area contributed by atoms with Crippen LogP contribution in [0.4, 0.5) is 0 Å². The highest BCUT2D eigenvalue weighted by Crippen LogP contribution is 2.13. The van der Waals surface area contributed by atoms with Gasteiger partial charge in [0.15, 0.2) is 0 Å². The molecule has 0 aliphatic carbocycles. The molecule has 0 saturated carbocycles. The maximum atomic E-state index is 11.9. The Morgan fingerprint density at radius 1 is 1.35 bits per heavy atom. The van der Waals surface area contributed by atoms with Crippen LogP contribution in [0.25, 0.3) is 0 Å². The summed E-state index contributed by atoms with van der Waals surface area (Å²) in [6, 6.07) is 9.93. The van der Waals surface area contributed by atoms with Gasteiger partial charge < -0.3 is 5.32 Å². The lowest BCUT2D eigenvalue weighted by atomic mass is 10.0. The SMILES string of the molecule is CC(CNC(=O)CCn1cc(S(N)(=O)=O)cn1)c1ccccc1. The summed E-state index contributed by atoms with van der Waals surface area (Å²) >= 11 is 0. The molecule has 0 aliphatic rings. The van der Waals surface area contributed by atoms with Crippen molar-refractivity contribution in [2.45, 2.75) is 30.7 Å². The summed E-state index contributed by atoms with van der Waals surface area (Å²) < 4.78 is 23.7. The zero-order chi connectivity index (χ0) is 16.9. The van der Waals surface area contributed by atoms with Crippen molar-refractivity contribution in [3.05, 3.63) is 48.3 Å². The van der Waals surface area contributed by atoms with Gasteiger partial charge in [-0.25, -0.2) is 13.6 Å². The van der Waals surface area contributed by atoms with Gasteiger partial charge in [0.1, 0.15) is 4.90 Å². The van der Waals surface area contributed by atoms with Gasteiger partial charge in [-0.15, -0.1) is 0 Å². The van der Waals surface area contributed by atoms with Crippen molar-refractivity contribution in [2.24, 2.45) is 5.14 Å². The first-order valence-corrected chi connectivity index (χ1v) is 8.78. The smallest absolute Gasteiger partial charge is 0.241 e. The number of sulfonamides is 1. The highest BCUT2D eigenvalue weighted by molar-refractivity contribution is 7.89. The van der Waals surface area contributed by atoms with Gasteiger partial charge in [0.2, 0.25) is 15.9 Å². The topological polar surface area (TPSA) is 107 Å². The first-order valence-electron chi connectivity index (χ1n) is 7.23. The molecule has 0 fully saturated rings. The second-order valence-electron chi connectivity index (χ2n) is 5.35. The van der Waals surface area contributed by atoms with E-state index in [2.05, 4.69) is 10.4 Å². The van der Waals surface area contributed by atoms with E-state index in [1.165, 1.54) is 17.1 Å². The number of carbonyl (C=O) groups is 1. The molecule has 3 N–H and O–H groups in total. The first-order chi connectivity index (χ1) is 10.9. The minimum Gasteiger partial charge on any atom is -0.355 e. The molecule has 0 bridgehead atoms. The van der Waals surface area contributed by atoms with E-state index in [0.717, 1.165) is 5.56 Å². The predicted molar refractivity (Wildman–Crippen MR) is 86.1 cm³/mol. The molecule has 1 amide bonds. The number of hydrogen-bond donors (Lipinski definition) is 2. The van der Waals surface area contributed by atoms with E-state index in [9.17, 15) is 13.2 Å². The van der Waals surface area contributed by atoms with Crippen LogP contribution >= 0.6 is 0 Å². The Morgan fingerprint density at radius 2 is 2.04 bits per heavy atom. The normalized spacial score (nSPS) is 12.8. The maximum absolute atomic E-state index is 11.9. The summed E-state index contributed by atoms with van der Waals surface area (Å²) in [6.45, 7) is 2.88. The number of carbonyl (C=O) groups excluding carboxylic acids is 1. The van der Waals surface area contributed by atoms with Crippen molar-refractivity contribution in [1.82, 2.24) is 15.1 Å². The third kappa shape index (κ3) is 5.19. The van der Waals surface area contributed by atoms with E-state index < -0.39 is 10.0 Å². The second-order valence-corrected chi connectivity index (χ2v) is 6.91. The van der Waals surface area contributed by atoms with Gasteiger partial charge in [-0.05, 0) is 11.5 Å². The van der Waals surface area contributed by atoms with E-state index in [0.29, 0.717) is 13.1 Å². The van der Waals surface area contributed by atoms with E-state index in [4.69, 9.17) is 5.14 Å². The van der Waals surface area contributed by atoms with Crippen LogP contribution < -0.4 is 10.5 Å². The number of aromatic nitrogens is 2. The molecule has 2 aromatic rings. The number of primary sulfonamides is 1. The number of benzene rings is 1. The number of nitrogens with one attached hydrogen (secondary N) is 1. The van der Waals surface area contributed by atoms with Crippen LogP contribution in [0.1, 0.15) is 24.8 Å². The number of hydrogen-bond acceptors (Lipinski definition) is 4. The van der Waals surface area contributed by atoms with Gasteiger partial charge in [-0.2, -0.15) is 5.10 Å². The lowest BCUT2D eigenvalue weighted by Gasteiger charge is -2.13. The maximum Gasteiger partial charge on any atom is 0.241 e. The quantitative estimate of drug-likeness (QED) is 0.781. The lowest BCUT2D eigenvalue weighted by Crippen LogP contribution is -2.28. The number of amides is 1. The van der Waals surface area contributed by atoms with Crippen LogP contribution in [0.15, 0.2) is 47.6 Å². The fraction of sp³-hybridized carbons (Fsp3) is 0.333. The first kappa shape index (κ1) is 17.2. The Bertz CT molecular complexity index is 756. The van der Waals surface area contributed by atoms with Crippen molar-refractivity contribution in [3.8, 4) is 0 Å². The molecule has 0 aliphatic heterocycles. The van der Waals surface area contributed by atoms with Crippen molar-refractivity contribution < 1.29 is 13.2 Å². The summed E-state index contributed by atoms with van der Waals surface area (Å²) in [6.07, 6.45) is 2.70. The Labute approximate surface area is 135 Å². The van der Waals surface area contributed by atoms with Crippen LogP contribution in [0, 0.1) is 0 Å². The molecule has 1 unspecified atom stereocenters. The summed E-state index contributed by atoms with van der Waals surface area (Å²) in [5, 5.41) is 11.7. The van der Waals surface area contributed by atoms with E-state index in [1.54, 1.807) is 0 Å². The van der Waals surface area contributed by atoms with Crippen molar-refractivity contribution in [1.29, 1.82) is 0 Å². The summed E-state index contributed by atoms with van der Waals surface area (Å²) in [5.41, 5.74) is 1.16. The molecule has 1 aromatic heterocycles. The fourth-order valence-electron chi connectivity index (χ4n) is 2.08. The van der Waals surface area contributed by atoms with Crippen LogP contribution in [-0.2, 0) is 21.4 Å². The highest BCUT2D eigenvalue weighted by atomic mass is 32.2. The molecule has 1 atom stereocenters. The molecule has 124 valence electrons. The molecule has 23 heavy (non-hydrogen) atoms. The standard InChI is InChI=1S/C15H20N4O3S/c1-12(13-5-3-2-4-6-13)9-17-15(20)7-8-19-11-14(10-18-19)23(16,21)22/h2-6,10-12H,7-9H2,1H3,(H,17,20)(H2,16,21,22). The van der Waals surface area contributed by atoms with Gasteiger partial charge in [-0.3, -0.25) is 9.48 Å². The van der Waals surface area contributed by atoms with Crippen molar-refractivity contribution in [3.63, 3.8) is 0 Å². The Balaban J connectivity index is 1.78. The Hall–Kier alpha value is -2.19. The summed E-state index contributed by atoms with van der Waals surface area (Å²) in [4.78, 5) is 11.8. The third-order valence-electron chi connectivity index (χ3n) is 3.48. The number of nitrogens with zero attached hydrogens (tertiary/aromatic N) is 2. The molecule has 0 radical (unpaired) electrons. The number of rotatable bonds is 7. The summed E-state index contributed by atoms with van der Waals surface area (Å²) in [5.74, 6) is 0.110. The average Bonchev–Trinajstić information content (AvgIpc) is 3.00. The zero-order valence-corrected chi connectivity index (χ0v) is 13.7. The number of nitrogens with two attached hydrogens (primary N) is 1. The molecule has 0 saturated heterocycles. The average molecular weight is 336 g/mol. The van der Waals surface area contributed by atoms with Crippen LogP contribution in [0.5, 0.6) is 0 Å². The van der Waals surface area contributed by atoms with Crippen LogP contribution in [0.2, 0.25) is 0 Å². The minimum atomic E-state index is -3.76. The third-order valence-corrected chi connectivity index (χ3v) is 4.35. The summed E-state index contributed by atoms with van der Waals surface area (Å²) in [7, 11) is -3.76. The largest absolute Gasteiger partial charge is 0.355 e. The molecule has 1 heterocycles. The molecular formula is C15H20N4O3S. The van der Waals surface area contributed by atoms with Gasteiger partial charge in [0.25, 0.3) is 0 Å². The van der Waals surface area contributed by atoms with Gasteiger partial charge in [0, 0.05) is 25.7 Å². The molecule has 1 aromatic carbocycles. The second kappa shape index (κ2) is 7.38. The minimum absolute atomic E-state index is 0.0596. The van der Waals surface area contributed by atoms with Crippen LogP contribution in [0.3, 0.4) is 0 Å². The zero-order valence-electron chi connectivity index (χ0n) is 12.8. The van der Waals surface area contributed by atoms with Crippen molar-refractivity contribution >= 4 is 15.9 Å². The number of aryl methyl sites for hydroxylation is 1. The van der Waals surface area contributed by atoms with E-state index >= 15 is 0 Å². The van der Waals surface area contributed by atoms with E-state index in [1.807, 2.05) is 37.3 Å². The fourth-order valence-corrected chi connectivity index (χ4v) is 2.55. The van der Waals surface area contributed by atoms with Crippen LogP contribution in [-0.4, -0.2) is 30.7 Å². The molecule has 8 heteroatoms. The highest BCUT2D eigenvalue weighted by Gasteiger charge is 2.12. The Morgan fingerprint density at radius 3 is 2.65 bits per heavy atom. The molecular weight excluding hydrogens is 316 g/mol. The van der Waals surface area contributed by atoms with Crippen molar-refractivity contribution in [2.75, 3.05) is 6.54 Å². The monoisotopic (exact) mass is 336 g/mol. The molecule has 2 rings (SSSR count). The molecule has 7 nitrogen and oxygen atoms in total. The predicted octanol–water partition coefficient (Wildman–Crippen LogP) is 0.841. The van der Waals surface area contributed by atoms with Gasteiger partial charge >= 0.3 is 0 Å². The molecule has 0 spiro atoms. The van der Waals surface area contributed by atoms with E-state index in [-0.39, 0.29) is 23.1 Å². The Kier molecular flexibility index (Phi) is 5.51. The van der Waals surface area contributed by atoms with Gasteiger partial charge in [0.05, 0.1) is 6.20 Å².